The van der Waals surface area contributed by atoms with E-state index in [1.165, 1.54) is 6.07 Å². The molecular formula is C9H8F2N2OS. The highest BCUT2D eigenvalue weighted by Crippen LogP contribution is 2.25. The Balaban J connectivity index is 2.51. The van der Waals surface area contributed by atoms with Gasteiger partial charge in [0.05, 0.1) is 11.0 Å². The van der Waals surface area contributed by atoms with Crippen molar-refractivity contribution in [1.29, 1.82) is 0 Å². The van der Waals surface area contributed by atoms with Crippen molar-refractivity contribution in [2.24, 2.45) is 0 Å². The summed E-state index contributed by atoms with van der Waals surface area (Å²) in [4.78, 5) is 6.90. The van der Waals surface area contributed by atoms with Crippen molar-refractivity contribution < 1.29 is 13.5 Å². The molecule has 0 radical (unpaired) electrons. The van der Waals surface area contributed by atoms with Gasteiger partial charge in [-0.05, 0) is 18.6 Å². The predicted octanol–water partition coefficient (Wildman–Crippen LogP) is 2.76. The summed E-state index contributed by atoms with van der Waals surface area (Å²) in [5.41, 5.74) is 1.93. The monoisotopic (exact) mass is 230 g/mol. The zero-order valence-electron chi connectivity index (χ0n) is 7.79. The average molecular weight is 230 g/mol. The van der Waals surface area contributed by atoms with Crippen LogP contribution in [0.25, 0.3) is 11.0 Å². The van der Waals surface area contributed by atoms with Gasteiger partial charge in [-0.1, -0.05) is 0 Å². The summed E-state index contributed by atoms with van der Waals surface area (Å²) in [7, 11) is 0. The Morgan fingerprint density at radius 2 is 2.20 bits per heavy atom. The van der Waals surface area contributed by atoms with Gasteiger partial charge in [0.25, 0.3) is 0 Å². The van der Waals surface area contributed by atoms with Crippen LogP contribution in [0.1, 0.15) is 5.56 Å². The average Bonchev–Trinajstić information content (AvgIpc) is 2.44. The Morgan fingerprint density at radius 1 is 1.47 bits per heavy atom. The summed E-state index contributed by atoms with van der Waals surface area (Å²) in [6, 6.07) is 3.16. The Morgan fingerprint density at radius 3 is 2.87 bits per heavy atom. The molecule has 0 aliphatic carbocycles. The minimum absolute atomic E-state index is 0.136. The molecule has 0 unspecified atom stereocenters. The lowest BCUT2D eigenvalue weighted by Crippen LogP contribution is -2.03. The van der Waals surface area contributed by atoms with Gasteiger partial charge in [-0.3, -0.25) is 0 Å². The van der Waals surface area contributed by atoms with Crippen LogP contribution in [0.2, 0.25) is 0 Å². The second-order valence-corrected chi connectivity index (χ2v) is 3.50. The normalized spacial score (nSPS) is 11.3. The minimum Gasteiger partial charge on any atom is -0.434 e. The summed E-state index contributed by atoms with van der Waals surface area (Å²) in [5, 5.41) is 0.443. The largest absolute Gasteiger partial charge is 0.434 e. The van der Waals surface area contributed by atoms with Gasteiger partial charge in [-0.2, -0.15) is 8.78 Å². The maximum atomic E-state index is 12.0. The molecule has 0 bridgehead atoms. The number of thiol groups is 1. The van der Waals surface area contributed by atoms with Crippen molar-refractivity contribution in [2.45, 2.75) is 18.7 Å². The van der Waals surface area contributed by atoms with E-state index in [4.69, 9.17) is 0 Å². The standard InChI is InChI=1S/C9H8F2N2OS/c1-4-2-5-6(13-9(15)12-5)3-7(4)14-8(10)11/h2-3,8H,1H3,(H2,12,13,15). The second kappa shape index (κ2) is 3.69. The minimum atomic E-state index is -2.82. The number of aromatic nitrogens is 2. The number of imidazole rings is 1. The molecule has 0 aliphatic heterocycles. The number of rotatable bonds is 2. The van der Waals surface area contributed by atoms with E-state index in [2.05, 4.69) is 27.3 Å². The summed E-state index contributed by atoms with van der Waals surface area (Å²) in [6.07, 6.45) is 0. The van der Waals surface area contributed by atoms with Crippen LogP contribution in [-0.4, -0.2) is 16.6 Å². The second-order valence-electron chi connectivity index (χ2n) is 3.07. The number of aromatic amines is 1. The van der Waals surface area contributed by atoms with E-state index >= 15 is 0 Å². The van der Waals surface area contributed by atoms with Crippen molar-refractivity contribution in [2.75, 3.05) is 0 Å². The molecule has 6 heteroatoms. The third-order valence-electron chi connectivity index (χ3n) is 1.98. The highest BCUT2D eigenvalue weighted by atomic mass is 32.1. The molecule has 0 atom stereocenters. The molecule has 1 heterocycles. The maximum Gasteiger partial charge on any atom is 0.387 e. The maximum absolute atomic E-state index is 12.0. The first-order valence-corrected chi connectivity index (χ1v) is 4.65. The summed E-state index contributed by atoms with van der Waals surface area (Å²) < 4.78 is 28.4. The molecule has 0 spiro atoms. The van der Waals surface area contributed by atoms with Crippen molar-refractivity contribution in [1.82, 2.24) is 9.97 Å². The van der Waals surface area contributed by atoms with Crippen LogP contribution >= 0.6 is 12.6 Å². The number of halogens is 2. The van der Waals surface area contributed by atoms with Crippen molar-refractivity contribution in [3.8, 4) is 5.75 Å². The summed E-state index contributed by atoms with van der Waals surface area (Å²) >= 11 is 4.03. The number of hydrogen-bond acceptors (Lipinski definition) is 3. The number of hydrogen-bond donors (Lipinski definition) is 2. The van der Waals surface area contributed by atoms with Crippen LogP contribution in [-0.2, 0) is 0 Å². The first kappa shape index (κ1) is 10.2. The fourth-order valence-corrected chi connectivity index (χ4v) is 1.58. The number of H-pyrrole nitrogens is 1. The number of nitrogens with one attached hydrogen (secondary N) is 1. The fourth-order valence-electron chi connectivity index (χ4n) is 1.36. The number of nitrogens with zero attached hydrogens (tertiary/aromatic N) is 1. The summed E-state index contributed by atoms with van der Waals surface area (Å²) in [6.45, 7) is -1.13. The molecule has 2 rings (SSSR count). The van der Waals surface area contributed by atoms with E-state index in [1.54, 1.807) is 13.0 Å². The van der Waals surface area contributed by atoms with Crippen molar-refractivity contribution in [3.63, 3.8) is 0 Å². The molecule has 1 aromatic carbocycles. The van der Waals surface area contributed by atoms with Gasteiger partial charge >= 0.3 is 6.61 Å². The lowest BCUT2D eigenvalue weighted by molar-refractivity contribution is -0.0502. The molecule has 0 amide bonds. The Bertz CT molecular complexity index is 498. The van der Waals surface area contributed by atoms with Crippen LogP contribution in [0.4, 0.5) is 8.78 Å². The van der Waals surface area contributed by atoms with Gasteiger partial charge in [-0.25, -0.2) is 4.98 Å². The van der Waals surface area contributed by atoms with Crippen LogP contribution in [0.15, 0.2) is 17.3 Å². The highest BCUT2D eigenvalue weighted by Gasteiger charge is 2.10. The quantitative estimate of drug-likeness (QED) is 0.778. The van der Waals surface area contributed by atoms with Crippen LogP contribution in [0.5, 0.6) is 5.75 Å². The third kappa shape index (κ3) is 2.04. The molecule has 0 saturated carbocycles. The van der Waals surface area contributed by atoms with E-state index in [1.807, 2.05) is 0 Å². The SMILES string of the molecule is Cc1cc2[nH]c(S)nc2cc1OC(F)F. The van der Waals surface area contributed by atoms with Crippen molar-refractivity contribution in [3.05, 3.63) is 17.7 Å². The molecule has 0 fully saturated rings. The van der Waals surface area contributed by atoms with Gasteiger partial charge in [-0.15, -0.1) is 12.6 Å². The number of aryl methyl sites for hydroxylation is 1. The van der Waals surface area contributed by atoms with E-state index in [0.717, 1.165) is 5.52 Å². The predicted molar refractivity (Wildman–Crippen MR) is 54.7 cm³/mol. The Kier molecular flexibility index (Phi) is 2.52. The van der Waals surface area contributed by atoms with Gasteiger partial charge in [0.15, 0.2) is 5.16 Å². The fraction of sp³-hybridized carbons (Fsp3) is 0.222. The highest BCUT2D eigenvalue weighted by molar-refractivity contribution is 7.80. The number of alkyl halides is 2. The molecule has 0 aliphatic rings. The Hall–Kier alpha value is -1.30. The topological polar surface area (TPSA) is 37.9 Å². The van der Waals surface area contributed by atoms with E-state index < -0.39 is 6.61 Å². The van der Waals surface area contributed by atoms with Gasteiger partial charge in [0, 0.05) is 6.07 Å². The molecule has 3 nitrogen and oxygen atoms in total. The lowest BCUT2D eigenvalue weighted by atomic mass is 10.2. The number of benzene rings is 1. The number of ether oxygens (including phenoxy) is 1. The van der Waals surface area contributed by atoms with Gasteiger partial charge in [0.2, 0.25) is 0 Å². The van der Waals surface area contributed by atoms with Crippen LogP contribution in [0.3, 0.4) is 0 Å². The zero-order valence-corrected chi connectivity index (χ0v) is 8.69. The smallest absolute Gasteiger partial charge is 0.387 e. The zero-order chi connectivity index (χ0) is 11.0. The van der Waals surface area contributed by atoms with E-state index in [9.17, 15) is 8.78 Å². The van der Waals surface area contributed by atoms with Crippen LogP contribution < -0.4 is 4.74 Å². The third-order valence-corrected chi connectivity index (χ3v) is 2.19. The first-order chi connectivity index (χ1) is 7.06. The first-order valence-electron chi connectivity index (χ1n) is 4.20. The lowest BCUT2D eigenvalue weighted by Gasteiger charge is -2.06. The van der Waals surface area contributed by atoms with E-state index in [0.29, 0.717) is 16.2 Å². The van der Waals surface area contributed by atoms with E-state index in [-0.39, 0.29) is 5.75 Å². The van der Waals surface area contributed by atoms with Crippen molar-refractivity contribution >= 4 is 23.7 Å². The molecule has 2 aromatic rings. The Labute approximate surface area is 89.9 Å². The molecule has 80 valence electrons. The summed E-state index contributed by atoms with van der Waals surface area (Å²) in [5.74, 6) is 0.136. The molecule has 15 heavy (non-hydrogen) atoms. The molecular weight excluding hydrogens is 222 g/mol. The number of fused-ring (bicyclic) bond motifs is 1. The molecule has 0 saturated heterocycles. The van der Waals surface area contributed by atoms with Gasteiger partial charge in [0.1, 0.15) is 5.75 Å². The molecule has 1 aromatic heterocycles. The van der Waals surface area contributed by atoms with Crippen LogP contribution in [0, 0.1) is 6.92 Å². The van der Waals surface area contributed by atoms with Gasteiger partial charge < -0.3 is 9.72 Å². The molecule has 1 N–H and O–H groups in total.